The topological polar surface area (TPSA) is 75.9 Å². The molecule has 1 atom stereocenters. The first kappa shape index (κ1) is 21.3. The molecule has 1 saturated carbocycles. The monoisotopic (exact) mass is 413 g/mol. The summed E-state index contributed by atoms with van der Waals surface area (Å²) in [7, 11) is 0. The van der Waals surface area contributed by atoms with Crippen LogP contribution in [0.15, 0.2) is 24.3 Å². The van der Waals surface area contributed by atoms with Crippen LogP contribution in [-0.4, -0.2) is 60.5 Å². The summed E-state index contributed by atoms with van der Waals surface area (Å²) in [4.78, 5) is 29.6. The molecule has 0 bridgehead atoms. The lowest BCUT2D eigenvalue weighted by atomic mass is 9.94. The van der Waals surface area contributed by atoms with Crippen molar-refractivity contribution in [3.8, 4) is 0 Å². The maximum Gasteiger partial charge on any atom is 0.238 e. The molecule has 3 fully saturated rings. The largest absolute Gasteiger partial charge is 0.376 e. The fourth-order valence-electron chi connectivity index (χ4n) is 4.94. The second kappa shape index (κ2) is 9.06. The van der Waals surface area contributed by atoms with Crippen LogP contribution in [0.5, 0.6) is 0 Å². The summed E-state index contributed by atoms with van der Waals surface area (Å²) in [6.45, 7) is 7.32. The number of amides is 2. The van der Waals surface area contributed by atoms with Crippen molar-refractivity contribution < 1.29 is 14.3 Å². The van der Waals surface area contributed by atoms with Crippen molar-refractivity contribution in [1.82, 2.24) is 9.80 Å². The van der Waals surface area contributed by atoms with Crippen LogP contribution in [0.25, 0.3) is 0 Å². The zero-order valence-corrected chi connectivity index (χ0v) is 18.1. The zero-order chi connectivity index (χ0) is 21.1. The zero-order valence-electron chi connectivity index (χ0n) is 18.1. The van der Waals surface area contributed by atoms with E-state index in [1.807, 2.05) is 4.90 Å². The van der Waals surface area contributed by atoms with Crippen molar-refractivity contribution in [1.29, 1.82) is 0 Å². The standard InChI is InChI=1S/C24H35N3O3/c1-18-5-2-3-6-20(18)16-26-12-8-19(9-13-26)15-27(17-21-7-4-14-30-21)23(29)24(10-11-24)22(25)28/h2-3,5-6,19,21H,4,7-17H2,1H3,(H2,25,28). The van der Waals surface area contributed by atoms with E-state index in [1.165, 1.54) is 11.1 Å². The van der Waals surface area contributed by atoms with Gasteiger partial charge in [0.15, 0.2) is 0 Å². The van der Waals surface area contributed by atoms with Gasteiger partial charge in [-0.2, -0.15) is 0 Å². The minimum absolute atomic E-state index is 0.0622. The van der Waals surface area contributed by atoms with E-state index in [-0.39, 0.29) is 12.0 Å². The fraction of sp³-hybridized carbons (Fsp3) is 0.667. The first-order valence-corrected chi connectivity index (χ1v) is 11.5. The number of carbonyl (C=O) groups excluding carboxylic acids is 2. The van der Waals surface area contributed by atoms with Gasteiger partial charge in [-0.05, 0) is 75.6 Å². The number of aryl methyl sites for hydroxylation is 1. The smallest absolute Gasteiger partial charge is 0.238 e. The summed E-state index contributed by atoms with van der Waals surface area (Å²) in [5.74, 6) is -0.0575. The van der Waals surface area contributed by atoms with Crippen LogP contribution < -0.4 is 5.73 Å². The summed E-state index contributed by atoms with van der Waals surface area (Å²) in [5.41, 5.74) is 7.39. The lowest BCUT2D eigenvalue weighted by molar-refractivity contribution is -0.145. The number of hydrogen-bond acceptors (Lipinski definition) is 4. The number of rotatable bonds is 8. The number of carbonyl (C=O) groups is 2. The second-order valence-electron chi connectivity index (χ2n) is 9.44. The van der Waals surface area contributed by atoms with Gasteiger partial charge >= 0.3 is 0 Å². The lowest BCUT2D eigenvalue weighted by Crippen LogP contribution is -2.49. The Morgan fingerprint density at radius 3 is 2.50 bits per heavy atom. The summed E-state index contributed by atoms with van der Waals surface area (Å²) in [5, 5.41) is 0. The molecule has 0 spiro atoms. The molecule has 2 heterocycles. The molecular weight excluding hydrogens is 378 g/mol. The lowest BCUT2D eigenvalue weighted by Gasteiger charge is -2.36. The average Bonchev–Trinajstić information content (AvgIpc) is 3.41. The van der Waals surface area contributed by atoms with Crippen molar-refractivity contribution in [3.63, 3.8) is 0 Å². The second-order valence-corrected chi connectivity index (χ2v) is 9.44. The number of piperidine rings is 1. The summed E-state index contributed by atoms with van der Waals surface area (Å²) in [6, 6.07) is 8.57. The summed E-state index contributed by atoms with van der Waals surface area (Å²) >= 11 is 0. The Bertz CT molecular complexity index is 763. The Balaban J connectivity index is 1.34. The predicted molar refractivity (Wildman–Crippen MR) is 116 cm³/mol. The van der Waals surface area contributed by atoms with Gasteiger partial charge in [-0.25, -0.2) is 0 Å². The van der Waals surface area contributed by atoms with Crippen LogP contribution in [0.2, 0.25) is 0 Å². The molecule has 1 aromatic rings. The van der Waals surface area contributed by atoms with E-state index in [0.717, 1.165) is 51.9 Å². The third-order valence-electron chi connectivity index (χ3n) is 7.21. The molecular formula is C24H35N3O3. The Morgan fingerprint density at radius 2 is 1.90 bits per heavy atom. The van der Waals surface area contributed by atoms with Gasteiger partial charge in [0.2, 0.25) is 11.8 Å². The third kappa shape index (κ3) is 4.70. The van der Waals surface area contributed by atoms with Crippen LogP contribution in [0.4, 0.5) is 0 Å². The average molecular weight is 414 g/mol. The molecule has 2 amide bonds. The number of hydrogen-bond donors (Lipinski definition) is 1. The Morgan fingerprint density at radius 1 is 1.17 bits per heavy atom. The Kier molecular flexibility index (Phi) is 6.44. The van der Waals surface area contributed by atoms with E-state index in [1.54, 1.807) is 0 Å². The minimum atomic E-state index is -0.940. The van der Waals surface area contributed by atoms with E-state index >= 15 is 0 Å². The number of ether oxygens (including phenoxy) is 1. The fourth-order valence-corrected chi connectivity index (χ4v) is 4.94. The van der Waals surface area contributed by atoms with Crippen LogP contribution in [0.1, 0.15) is 49.7 Å². The molecule has 3 aliphatic rings. The number of nitrogens with zero attached hydrogens (tertiary/aromatic N) is 2. The van der Waals surface area contributed by atoms with Crippen molar-refractivity contribution in [2.45, 2.75) is 58.1 Å². The Hall–Kier alpha value is -1.92. The summed E-state index contributed by atoms with van der Waals surface area (Å²) in [6.07, 6.45) is 5.47. The quantitative estimate of drug-likeness (QED) is 0.665. The summed E-state index contributed by atoms with van der Waals surface area (Å²) < 4.78 is 5.79. The highest BCUT2D eigenvalue weighted by Gasteiger charge is 2.57. The molecule has 1 aromatic carbocycles. The Labute approximate surface area is 179 Å². The molecule has 2 aliphatic heterocycles. The third-order valence-corrected chi connectivity index (χ3v) is 7.21. The number of likely N-dealkylation sites (tertiary alicyclic amines) is 1. The van der Waals surface area contributed by atoms with Gasteiger partial charge in [-0.3, -0.25) is 14.5 Å². The molecule has 2 saturated heterocycles. The molecule has 6 heteroatoms. The molecule has 1 aliphatic carbocycles. The SMILES string of the molecule is Cc1ccccc1CN1CCC(CN(CC2CCCO2)C(=O)C2(C(N)=O)CC2)CC1. The molecule has 0 radical (unpaired) electrons. The molecule has 1 unspecified atom stereocenters. The van der Waals surface area contributed by atoms with Gasteiger partial charge < -0.3 is 15.4 Å². The van der Waals surface area contributed by atoms with Gasteiger partial charge in [0.25, 0.3) is 0 Å². The molecule has 164 valence electrons. The van der Waals surface area contributed by atoms with Crippen LogP contribution in [-0.2, 0) is 20.9 Å². The number of benzene rings is 1. The van der Waals surface area contributed by atoms with E-state index in [4.69, 9.17) is 10.5 Å². The van der Waals surface area contributed by atoms with Crippen LogP contribution in [0.3, 0.4) is 0 Å². The maximum absolute atomic E-state index is 13.2. The van der Waals surface area contributed by atoms with Crippen molar-refractivity contribution in [2.24, 2.45) is 17.1 Å². The first-order valence-electron chi connectivity index (χ1n) is 11.5. The van der Waals surface area contributed by atoms with E-state index in [9.17, 15) is 9.59 Å². The van der Waals surface area contributed by atoms with Crippen LogP contribution >= 0.6 is 0 Å². The molecule has 0 aromatic heterocycles. The highest BCUT2D eigenvalue weighted by atomic mass is 16.5. The van der Waals surface area contributed by atoms with Crippen molar-refractivity contribution in [3.05, 3.63) is 35.4 Å². The normalized spacial score (nSPS) is 24.0. The van der Waals surface area contributed by atoms with Gasteiger partial charge in [0.05, 0.1) is 6.10 Å². The van der Waals surface area contributed by atoms with E-state index in [0.29, 0.717) is 31.8 Å². The highest BCUT2D eigenvalue weighted by molar-refractivity contribution is 6.07. The van der Waals surface area contributed by atoms with Crippen molar-refractivity contribution in [2.75, 3.05) is 32.8 Å². The highest BCUT2D eigenvalue weighted by Crippen LogP contribution is 2.47. The molecule has 2 N–H and O–H groups in total. The minimum Gasteiger partial charge on any atom is -0.376 e. The van der Waals surface area contributed by atoms with E-state index < -0.39 is 11.3 Å². The number of nitrogens with two attached hydrogens (primary N) is 1. The van der Waals surface area contributed by atoms with Gasteiger partial charge in [0, 0.05) is 26.2 Å². The van der Waals surface area contributed by atoms with E-state index in [2.05, 4.69) is 36.1 Å². The first-order chi connectivity index (χ1) is 14.5. The molecule has 30 heavy (non-hydrogen) atoms. The maximum atomic E-state index is 13.2. The van der Waals surface area contributed by atoms with Gasteiger partial charge in [-0.15, -0.1) is 0 Å². The predicted octanol–water partition coefficient (Wildman–Crippen LogP) is 2.48. The van der Waals surface area contributed by atoms with Gasteiger partial charge in [0.1, 0.15) is 5.41 Å². The van der Waals surface area contributed by atoms with Crippen molar-refractivity contribution >= 4 is 11.8 Å². The van der Waals surface area contributed by atoms with Gasteiger partial charge in [-0.1, -0.05) is 24.3 Å². The molecule has 6 nitrogen and oxygen atoms in total. The molecule has 4 rings (SSSR count). The number of primary amides is 1. The van der Waals surface area contributed by atoms with Crippen LogP contribution in [0, 0.1) is 18.3 Å².